The summed E-state index contributed by atoms with van der Waals surface area (Å²) in [6, 6.07) is 0. The number of alkyl halides is 6. The van der Waals surface area contributed by atoms with Crippen molar-refractivity contribution >= 4 is 0 Å². The van der Waals surface area contributed by atoms with Gasteiger partial charge in [0.1, 0.15) is 0 Å². The van der Waals surface area contributed by atoms with Gasteiger partial charge in [0.15, 0.2) is 0 Å². The van der Waals surface area contributed by atoms with Gasteiger partial charge in [-0.3, -0.25) is 4.90 Å². The minimum Gasteiger partial charge on any atom is -0.396 e. The summed E-state index contributed by atoms with van der Waals surface area (Å²) >= 11 is 0. The molecule has 0 spiro atoms. The first-order valence-corrected chi connectivity index (χ1v) is 9.83. The highest BCUT2D eigenvalue weighted by atomic mass is 19.4. The molecule has 0 saturated heterocycles. The number of hydrogen-bond acceptors (Lipinski definition) is 2. The molecule has 29 heavy (non-hydrogen) atoms. The Morgan fingerprint density at radius 3 is 1.24 bits per heavy atom. The summed E-state index contributed by atoms with van der Waals surface area (Å²) in [5, 5.41) is 9.65. The lowest BCUT2D eigenvalue weighted by atomic mass is 9.73. The van der Waals surface area contributed by atoms with E-state index in [-0.39, 0.29) is 13.0 Å². The molecule has 0 fully saturated rings. The Kier molecular flexibility index (Phi) is 8.07. The molecular formula is C21H39F6NO. The summed E-state index contributed by atoms with van der Waals surface area (Å²) in [4.78, 5) is 1.55. The summed E-state index contributed by atoms with van der Waals surface area (Å²) in [6.07, 6.45) is -9.03. The fraction of sp³-hybridized carbons (Fsp3) is 1.00. The van der Waals surface area contributed by atoms with Crippen molar-refractivity contribution in [1.29, 1.82) is 0 Å². The Morgan fingerprint density at radius 1 is 0.586 bits per heavy atom. The summed E-state index contributed by atoms with van der Waals surface area (Å²) < 4.78 is 81.6. The molecule has 0 rings (SSSR count). The number of rotatable bonds is 9. The minimum atomic E-state index is -4.51. The number of halogens is 6. The molecule has 0 aromatic rings. The van der Waals surface area contributed by atoms with Crippen molar-refractivity contribution in [3.63, 3.8) is 0 Å². The van der Waals surface area contributed by atoms with Crippen LogP contribution < -0.4 is 0 Å². The third-order valence-corrected chi connectivity index (χ3v) is 5.76. The average Bonchev–Trinajstić information content (AvgIpc) is 2.39. The summed E-state index contributed by atoms with van der Waals surface area (Å²) in [6.45, 7) is 13.8. The Bertz CT molecular complexity index is 544. The topological polar surface area (TPSA) is 23.5 Å². The largest absolute Gasteiger partial charge is 0.396 e. The van der Waals surface area contributed by atoms with Crippen LogP contribution in [0.25, 0.3) is 0 Å². The average molecular weight is 436 g/mol. The molecule has 0 radical (unpaired) electrons. The SMILES string of the molecule is CC(C)(CO)CC(C)(C)N(CC(C)(C)C(F)(F)F)C(C)(C)CC(C)(C)C(F)(F)F. The summed E-state index contributed by atoms with van der Waals surface area (Å²) in [5.41, 5.74) is -6.86. The molecule has 0 heterocycles. The highest BCUT2D eigenvalue weighted by Crippen LogP contribution is 2.49. The van der Waals surface area contributed by atoms with E-state index in [1.807, 2.05) is 0 Å². The fourth-order valence-electron chi connectivity index (χ4n) is 4.33. The maximum Gasteiger partial charge on any atom is 0.395 e. The van der Waals surface area contributed by atoms with Crippen molar-refractivity contribution in [2.75, 3.05) is 13.2 Å². The highest BCUT2D eigenvalue weighted by molar-refractivity contribution is 5.01. The van der Waals surface area contributed by atoms with Gasteiger partial charge in [-0.2, -0.15) is 26.3 Å². The van der Waals surface area contributed by atoms with Crippen LogP contribution in [-0.4, -0.2) is 46.6 Å². The molecule has 0 saturated carbocycles. The van der Waals surface area contributed by atoms with Crippen molar-refractivity contribution in [1.82, 2.24) is 4.90 Å². The summed E-state index contributed by atoms with van der Waals surface area (Å²) in [7, 11) is 0. The first-order valence-electron chi connectivity index (χ1n) is 9.83. The van der Waals surface area contributed by atoms with Crippen molar-refractivity contribution < 1.29 is 31.4 Å². The van der Waals surface area contributed by atoms with E-state index in [1.165, 1.54) is 0 Å². The van der Waals surface area contributed by atoms with Crippen molar-refractivity contribution in [2.24, 2.45) is 16.2 Å². The molecule has 0 aliphatic rings. The van der Waals surface area contributed by atoms with Gasteiger partial charge in [-0.15, -0.1) is 0 Å². The van der Waals surface area contributed by atoms with E-state index in [9.17, 15) is 31.4 Å². The van der Waals surface area contributed by atoms with Crippen LogP contribution >= 0.6 is 0 Å². The molecule has 176 valence electrons. The molecule has 0 aliphatic carbocycles. The first-order chi connectivity index (χ1) is 12.3. The van der Waals surface area contributed by atoms with E-state index < -0.39 is 46.2 Å². The van der Waals surface area contributed by atoms with E-state index in [4.69, 9.17) is 0 Å². The second-order valence-corrected chi connectivity index (χ2v) is 11.7. The molecule has 0 amide bonds. The standard InChI is InChI=1S/C21H39F6NO/c1-15(2,14-29)11-18(7,8)28(13-17(5,6)21(25,26)27)19(9,10)12-16(3,4)20(22,23)24/h29H,11-14H2,1-10H3. The lowest BCUT2D eigenvalue weighted by Gasteiger charge is -2.55. The molecule has 0 aromatic carbocycles. The second-order valence-electron chi connectivity index (χ2n) is 11.7. The normalized spacial score (nSPS) is 15.9. The predicted molar refractivity (Wildman–Crippen MR) is 105 cm³/mol. The van der Waals surface area contributed by atoms with Gasteiger partial charge in [0, 0.05) is 24.2 Å². The van der Waals surface area contributed by atoms with Crippen molar-refractivity contribution in [3.05, 3.63) is 0 Å². The van der Waals surface area contributed by atoms with Gasteiger partial charge in [0.25, 0.3) is 0 Å². The van der Waals surface area contributed by atoms with Gasteiger partial charge in [0.2, 0.25) is 0 Å². The lowest BCUT2D eigenvalue weighted by Crippen LogP contribution is -2.62. The molecular weight excluding hydrogens is 396 g/mol. The Hall–Kier alpha value is -0.500. The van der Waals surface area contributed by atoms with Crippen LogP contribution in [0.1, 0.15) is 82.1 Å². The number of nitrogens with zero attached hydrogens (tertiary/aromatic N) is 1. The van der Waals surface area contributed by atoms with Crippen molar-refractivity contribution in [2.45, 2.75) is 106 Å². The smallest absolute Gasteiger partial charge is 0.395 e. The number of hydrogen-bond donors (Lipinski definition) is 1. The number of aliphatic hydroxyl groups is 1. The Labute approximate surface area is 172 Å². The van der Waals surface area contributed by atoms with E-state index in [0.29, 0.717) is 6.42 Å². The molecule has 0 aliphatic heterocycles. The van der Waals surface area contributed by atoms with Crippen LogP contribution in [0.2, 0.25) is 0 Å². The highest BCUT2D eigenvalue weighted by Gasteiger charge is 2.55. The van der Waals surface area contributed by atoms with E-state index in [1.54, 1.807) is 46.4 Å². The van der Waals surface area contributed by atoms with Gasteiger partial charge in [-0.25, -0.2) is 0 Å². The van der Waals surface area contributed by atoms with Crippen molar-refractivity contribution in [3.8, 4) is 0 Å². The Morgan fingerprint density at radius 2 is 0.931 bits per heavy atom. The van der Waals surface area contributed by atoms with Crippen LogP contribution in [0.4, 0.5) is 26.3 Å². The lowest BCUT2D eigenvalue weighted by molar-refractivity contribution is -0.239. The fourth-order valence-corrected chi connectivity index (χ4v) is 4.33. The van der Waals surface area contributed by atoms with Gasteiger partial charge in [-0.1, -0.05) is 27.7 Å². The number of aliphatic hydroxyl groups excluding tert-OH is 1. The zero-order valence-electron chi connectivity index (χ0n) is 19.5. The van der Waals surface area contributed by atoms with Gasteiger partial charge in [0.05, 0.1) is 10.8 Å². The molecule has 2 nitrogen and oxygen atoms in total. The second kappa shape index (κ2) is 8.21. The maximum absolute atomic E-state index is 13.7. The van der Waals surface area contributed by atoms with Crippen LogP contribution in [0.15, 0.2) is 0 Å². The minimum absolute atomic E-state index is 0.179. The zero-order valence-corrected chi connectivity index (χ0v) is 19.5. The molecule has 0 atom stereocenters. The molecule has 1 N–H and O–H groups in total. The van der Waals surface area contributed by atoms with E-state index >= 15 is 0 Å². The third kappa shape index (κ3) is 7.30. The van der Waals surface area contributed by atoms with Crippen LogP contribution in [0, 0.1) is 16.2 Å². The van der Waals surface area contributed by atoms with E-state index in [2.05, 4.69) is 0 Å². The van der Waals surface area contributed by atoms with Crippen LogP contribution in [-0.2, 0) is 0 Å². The maximum atomic E-state index is 13.7. The quantitative estimate of drug-likeness (QED) is 0.402. The zero-order chi connectivity index (χ0) is 23.9. The monoisotopic (exact) mass is 435 g/mol. The van der Waals surface area contributed by atoms with Gasteiger partial charge < -0.3 is 5.11 Å². The molecule has 0 aromatic heterocycles. The molecule has 0 unspecified atom stereocenters. The molecule has 0 bridgehead atoms. The van der Waals surface area contributed by atoms with Crippen LogP contribution in [0.3, 0.4) is 0 Å². The van der Waals surface area contributed by atoms with E-state index in [0.717, 1.165) is 27.7 Å². The van der Waals surface area contributed by atoms with Crippen LogP contribution in [0.5, 0.6) is 0 Å². The Balaban J connectivity index is 6.29. The first kappa shape index (κ1) is 28.5. The predicted octanol–water partition coefficient (Wildman–Crippen LogP) is 6.82. The van der Waals surface area contributed by atoms with Gasteiger partial charge >= 0.3 is 12.4 Å². The third-order valence-electron chi connectivity index (χ3n) is 5.76. The van der Waals surface area contributed by atoms with Gasteiger partial charge in [-0.05, 0) is 59.8 Å². The summed E-state index contributed by atoms with van der Waals surface area (Å²) in [5.74, 6) is 0. The molecule has 8 heteroatoms.